The number of fused-ring (bicyclic) bond motifs is 1. The van der Waals surface area contributed by atoms with Gasteiger partial charge in [0.1, 0.15) is 5.56 Å². The molecule has 0 fully saturated rings. The van der Waals surface area contributed by atoms with Gasteiger partial charge >= 0.3 is 0 Å². The number of nitro benzene ring substituents is 1. The van der Waals surface area contributed by atoms with Crippen LogP contribution in [0, 0.1) is 10.1 Å². The molecule has 0 saturated carbocycles. The zero-order chi connectivity index (χ0) is 24.6. The van der Waals surface area contributed by atoms with Crippen LogP contribution in [0.5, 0.6) is 11.5 Å². The molecule has 0 aliphatic carbocycles. The van der Waals surface area contributed by atoms with Crippen molar-refractivity contribution in [1.29, 1.82) is 0 Å². The van der Waals surface area contributed by atoms with Gasteiger partial charge in [-0.2, -0.15) is 0 Å². The van der Waals surface area contributed by atoms with E-state index in [1.165, 1.54) is 13.2 Å². The smallest absolute Gasteiger partial charge is 0.286 e. The van der Waals surface area contributed by atoms with Gasteiger partial charge in [0.05, 0.1) is 30.7 Å². The molecule has 2 aromatic rings. The molecule has 1 amide bonds. The van der Waals surface area contributed by atoms with Crippen molar-refractivity contribution < 1.29 is 24.0 Å². The van der Waals surface area contributed by atoms with Crippen LogP contribution >= 0.6 is 0 Å². The molecule has 1 N–H and O–H groups in total. The number of rotatable bonds is 6. The average molecular weight is 473 g/mol. The zero-order valence-electron chi connectivity index (χ0n) is 20.0. The van der Waals surface area contributed by atoms with Crippen LogP contribution in [0.2, 0.25) is 18.1 Å². The van der Waals surface area contributed by atoms with Crippen LogP contribution in [0.4, 0.5) is 5.69 Å². The predicted molar refractivity (Wildman–Crippen MR) is 128 cm³/mol. The lowest BCUT2D eigenvalue weighted by molar-refractivity contribution is -0.385. The summed E-state index contributed by atoms with van der Waals surface area (Å²) in [5.41, 5.74) is 1.57. The highest BCUT2D eigenvalue weighted by atomic mass is 28.4. The molecule has 33 heavy (non-hydrogen) atoms. The molecule has 0 unspecified atom stereocenters. The number of hydrogen-bond acceptors (Lipinski definition) is 6. The van der Waals surface area contributed by atoms with E-state index in [-0.39, 0.29) is 28.1 Å². The third kappa shape index (κ3) is 5.04. The molecular weight excluding hydrogens is 440 g/mol. The summed E-state index contributed by atoms with van der Waals surface area (Å²) in [6.07, 6.45) is 0.597. The van der Waals surface area contributed by atoms with E-state index in [1.807, 2.05) is 24.3 Å². The number of phenolic OH excluding ortho intramolecular Hbond substituents is 1. The summed E-state index contributed by atoms with van der Waals surface area (Å²) in [5.74, 6) is -0.865. The normalized spacial score (nSPS) is 16.3. The SMILES string of the molecule is COc1cc(C(=O)N2Cc3ccccc3C[C@H]2CO[Si](C)(C)C(C)(C)C)c([N+](=O)[O-])cc1O. The fourth-order valence-corrected chi connectivity index (χ4v) is 4.74. The van der Waals surface area contributed by atoms with Crippen molar-refractivity contribution in [2.24, 2.45) is 0 Å². The van der Waals surface area contributed by atoms with E-state index < -0.39 is 24.8 Å². The summed E-state index contributed by atoms with van der Waals surface area (Å²) in [4.78, 5) is 26.3. The number of carbonyl (C=O) groups is 1. The molecule has 8 nitrogen and oxygen atoms in total. The number of amides is 1. The monoisotopic (exact) mass is 472 g/mol. The molecular formula is C24H32N2O6Si. The van der Waals surface area contributed by atoms with Crippen molar-refractivity contribution >= 4 is 19.9 Å². The van der Waals surface area contributed by atoms with Gasteiger partial charge in [0, 0.05) is 12.6 Å². The van der Waals surface area contributed by atoms with E-state index in [0.29, 0.717) is 19.6 Å². The topological polar surface area (TPSA) is 102 Å². The summed E-state index contributed by atoms with van der Waals surface area (Å²) < 4.78 is 11.6. The number of aromatic hydroxyl groups is 1. The van der Waals surface area contributed by atoms with Crippen LogP contribution in [-0.4, -0.2) is 48.9 Å². The van der Waals surface area contributed by atoms with Gasteiger partial charge in [0.15, 0.2) is 19.8 Å². The Morgan fingerprint density at radius 3 is 2.45 bits per heavy atom. The summed E-state index contributed by atoms with van der Waals surface area (Å²) in [6.45, 7) is 11.5. The van der Waals surface area contributed by atoms with Crippen LogP contribution in [0.15, 0.2) is 36.4 Å². The number of nitro groups is 1. The Morgan fingerprint density at radius 2 is 1.88 bits per heavy atom. The lowest BCUT2D eigenvalue weighted by Gasteiger charge is -2.41. The third-order valence-electron chi connectivity index (χ3n) is 6.78. The molecule has 0 bridgehead atoms. The van der Waals surface area contributed by atoms with Crippen LogP contribution in [0.3, 0.4) is 0 Å². The Morgan fingerprint density at radius 1 is 1.24 bits per heavy atom. The van der Waals surface area contributed by atoms with Crippen molar-refractivity contribution in [3.05, 3.63) is 63.2 Å². The van der Waals surface area contributed by atoms with E-state index >= 15 is 0 Å². The molecule has 3 rings (SSSR count). The second-order valence-electron chi connectivity index (χ2n) is 9.93. The second-order valence-corrected chi connectivity index (χ2v) is 14.7. The Kier molecular flexibility index (Phi) is 6.85. The van der Waals surface area contributed by atoms with Crippen LogP contribution < -0.4 is 4.74 Å². The lowest BCUT2D eigenvalue weighted by Crippen LogP contribution is -2.50. The first-order valence-corrected chi connectivity index (χ1v) is 13.8. The zero-order valence-corrected chi connectivity index (χ0v) is 21.0. The first kappa shape index (κ1) is 24.7. The first-order valence-electron chi connectivity index (χ1n) is 10.9. The molecule has 0 aromatic heterocycles. The number of phenols is 1. The average Bonchev–Trinajstić information content (AvgIpc) is 2.75. The third-order valence-corrected chi connectivity index (χ3v) is 11.3. The minimum absolute atomic E-state index is 0.00966. The van der Waals surface area contributed by atoms with Gasteiger partial charge in [-0.15, -0.1) is 0 Å². The highest BCUT2D eigenvalue weighted by Gasteiger charge is 2.40. The summed E-state index contributed by atoms with van der Waals surface area (Å²) >= 11 is 0. The van der Waals surface area contributed by atoms with Crippen molar-refractivity contribution in [2.75, 3.05) is 13.7 Å². The number of ether oxygens (including phenoxy) is 1. The quantitative estimate of drug-likeness (QED) is 0.365. The molecule has 1 aliphatic rings. The molecule has 178 valence electrons. The van der Waals surface area contributed by atoms with Crippen molar-refractivity contribution in [1.82, 2.24) is 4.90 Å². The lowest BCUT2D eigenvalue weighted by atomic mass is 9.93. The number of nitrogens with zero attached hydrogens (tertiary/aromatic N) is 2. The number of carbonyl (C=O) groups excluding carboxylic acids is 1. The van der Waals surface area contributed by atoms with E-state index in [2.05, 4.69) is 33.9 Å². The standard InChI is InChI=1S/C24H32N2O6Si/c1-24(2,3)33(5,6)32-15-18-11-16-9-7-8-10-17(16)14-25(18)23(28)19-12-22(31-4)21(27)13-20(19)26(29)30/h7-10,12-13,18,27H,11,14-15H2,1-6H3/t18-/m0/s1. The van der Waals surface area contributed by atoms with Crippen LogP contribution in [-0.2, 0) is 17.4 Å². The van der Waals surface area contributed by atoms with Gasteiger partial charge in [-0.25, -0.2) is 0 Å². The van der Waals surface area contributed by atoms with E-state index in [0.717, 1.165) is 17.2 Å². The van der Waals surface area contributed by atoms with Crippen molar-refractivity contribution in [3.63, 3.8) is 0 Å². The molecule has 1 heterocycles. The molecule has 0 radical (unpaired) electrons. The summed E-state index contributed by atoms with van der Waals surface area (Å²) in [5, 5.41) is 21.7. The van der Waals surface area contributed by atoms with Crippen molar-refractivity contribution in [2.45, 2.75) is 57.9 Å². The Bertz CT molecular complexity index is 1060. The van der Waals surface area contributed by atoms with Gasteiger partial charge in [-0.05, 0) is 35.7 Å². The fourth-order valence-electron chi connectivity index (χ4n) is 3.69. The van der Waals surface area contributed by atoms with Gasteiger partial charge in [-0.1, -0.05) is 45.0 Å². The summed E-state index contributed by atoms with van der Waals surface area (Å²) in [6, 6.07) is 9.82. The Labute approximate surface area is 195 Å². The largest absolute Gasteiger partial charge is 0.504 e. The molecule has 0 spiro atoms. The van der Waals surface area contributed by atoms with E-state index in [4.69, 9.17) is 9.16 Å². The van der Waals surface area contributed by atoms with Gasteiger partial charge in [0.2, 0.25) is 0 Å². The molecule has 9 heteroatoms. The van der Waals surface area contributed by atoms with Gasteiger partial charge in [-0.3, -0.25) is 14.9 Å². The predicted octanol–water partition coefficient (Wildman–Crippen LogP) is 4.90. The highest BCUT2D eigenvalue weighted by Crippen LogP contribution is 2.38. The number of benzene rings is 2. The highest BCUT2D eigenvalue weighted by molar-refractivity contribution is 6.74. The molecule has 1 aliphatic heterocycles. The van der Waals surface area contributed by atoms with Crippen molar-refractivity contribution in [3.8, 4) is 11.5 Å². The fraction of sp³-hybridized carbons (Fsp3) is 0.458. The van der Waals surface area contributed by atoms with Crippen LogP contribution in [0.25, 0.3) is 0 Å². The first-order chi connectivity index (χ1) is 15.4. The summed E-state index contributed by atoms with van der Waals surface area (Å²) in [7, 11) is -0.739. The molecule has 1 atom stereocenters. The molecule has 0 saturated heterocycles. The maximum atomic E-state index is 13.7. The van der Waals surface area contributed by atoms with Gasteiger partial charge in [0.25, 0.3) is 11.6 Å². The Hall–Kier alpha value is -2.91. The number of methoxy groups -OCH3 is 1. The maximum absolute atomic E-state index is 13.7. The molecule has 2 aromatic carbocycles. The van der Waals surface area contributed by atoms with E-state index in [9.17, 15) is 20.0 Å². The minimum Gasteiger partial charge on any atom is -0.504 e. The Balaban J connectivity index is 2.01. The minimum atomic E-state index is -2.07. The number of hydrogen-bond donors (Lipinski definition) is 1. The van der Waals surface area contributed by atoms with E-state index in [1.54, 1.807) is 4.90 Å². The maximum Gasteiger partial charge on any atom is 0.286 e. The second kappa shape index (κ2) is 9.15. The van der Waals surface area contributed by atoms with Crippen LogP contribution in [0.1, 0.15) is 42.3 Å². The van der Waals surface area contributed by atoms with Gasteiger partial charge < -0.3 is 19.2 Å².